The molecule has 2 aromatic heterocycles. The lowest BCUT2D eigenvalue weighted by Gasteiger charge is -2.24. The molecule has 0 bridgehead atoms. The summed E-state index contributed by atoms with van der Waals surface area (Å²) in [5, 5.41) is 24.5. The molecule has 6 heteroatoms. The summed E-state index contributed by atoms with van der Waals surface area (Å²) < 4.78 is 1.92. The zero-order chi connectivity index (χ0) is 17.4. The van der Waals surface area contributed by atoms with Gasteiger partial charge in [-0.1, -0.05) is 0 Å². The van der Waals surface area contributed by atoms with Gasteiger partial charge >= 0.3 is 0 Å². The van der Waals surface area contributed by atoms with Crippen LogP contribution in [-0.2, 0) is 26.7 Å². The maximum Gasteiger partial charge on any atom is 0.141 e. The van der Waals surface area contributed by atoms with Gasteiger partial charge < -0.3 is 10.2 Å². The molecule has 3 rings (SSSR count). The van der Waals surface area contributed by atoms with E-state index in [1.54, 1.807) is 13.1 Å². The van der Waals surface area contributed by atoms with Crippen molar-refractivity contribution in [1.82, 2.24) is 19.7 Å². The maximum atomic E-state index is 10.4. The van der Waals surface area contributed by atoms with Crippen molar-refractivity contribution in [3.63, 3.8) is 0 Å². The Morgan fingerprint density at radius 1 is 1.17 bits per heavy atom. The van der Waals surface area contributed by atoms with Crippen LogP contribution in [0, 0.1) is 20.8 Å². The minimum Gasteiger partial charge on any atom is -0.506 e. The minimum absolute atomic E-state index is 0.111. The Labute approximate surface area is 142 Å². The molecule has 1 aliphatic rings. The van der Waals surface area contributed by atoms with E-state index >= 15 is 0 Å². The molecule has 1 fully saturated rings. The van der Waals surface area contributed by atoms with Gasteiger partial charge in [-0.2, -0.15) is 5.10 Å². The lowest BCUT2D eigenvalue weighted by molar-refractivity contribution is 0.234. The second-order valence-corrected chi connectivity index (χ2v) is 6.76. The first kappa shape index (κ1) is 16.9. The summed E-state index contributed by atoms with van der Waals surface area (Å²) in [6.07, 6.45) is 4.02. The summed E-state index contributed by atoms with van der Waals surface area (Å²) in [5.41, 5.74) is 5.57. The van der Waals surface area contributed by atoms with Crippen molar-refractivity contribution in [2.75, 3.05) is 0 Å². The van der Waals surface area contributed by atoms with Gasteiger partial charge in [0.25, 0.3) is 0 Å². The summed E-state index contributed by atoms with van der Waals surface area (Å²) in [7, 11) is 1.97. The number of pyridine rings is 1. The van der Waals surface area contributed by atoms with Crippen LogP contribution in [0.5, 0.6) is 5.75 Å². The first-order valence-corrected chi connectivity index (χ1v) is 8.42. The summed E-state index contributed by atoms with van der Waals surface area (Å²) in [5.74, 6) is 0.201. The Hall–Kier alpha value is -1.92. The molecule has 0 radical (unpaired) electrons. The lowest BCUT2D eigenvalue weighted by atomic mass is 10.1. The molecule has 2 heterocycles. The van der Waals surface area contributed by atoms with Crippen molar-refractivity contribution < 1.29 is 10.2 Å². The third-order valence-electron chi connectivity index (χ3n) is 5.05. The second kappa shape index (κ2) is 6.53. The smallest absolute Gasteiger partial charge is 0.141 e. The molecule has 24 heavy (non-hydrogen) atoms. The Bertz CT molecular complexity index is 750. The van der Waals surface area contributed by atoms with Crippen LogP contribution in [0.3, 0.4) is 0 Å². The third kappa shape index (κ3) is 3.16. The van der Waals surface area contributed by atoms with Crippen LogP contribution in [0.25, 0.3) is 0 Å². The van der Waals surface area contributed by atoms with E-state index in [1.165, 1.54) is 24.1 Å². The number of aromatic hydroxyl groups is 1. The van der Waals surface area contributed by atoms with E-state index in [1.807, 2.05) is 18.7 Å². The highest BCUT2D eigenvalue weighted by molar-refractivity contribution is 5.40. The molecule has 0 amide bonds. The molecule has 2 aromatic rings. The largest absolute Gasteiger partial charge is 0.506 e. The molecule has 2 N–H and O–H groups in total. The molecule has 6 nitrogen and oxygen atoms in total. The molecule has 0 aromatic carbocycles. The van der Waals surface area contributed by atoms with Crippen LogP contribution in [0.4, 0.5) is 0 Å². The summed E-state index contributed by atoms with van der Waals surface area (Å²) >= 11 is 0. The molecule has 0 aliphatic heterocycles. The molecular weight excluding hydrogens is 304 g/mol. The summed E-state index contributed by atoms with van der Waals surface area (Å²) in [6, 6.07) is 0.531. The maximum absolute atomic E-state index is 10.4. The fraction of sp³-hybridized carbons (Fsp3) is 0.556. The first-order valence-electron chi connectivity index (χ1n) is 8.42. The minimum atomic E-state index is -0.111. The Morgan fingerprint density at radius 3 is 2.38 bits per heavy atom. The van der Waals surface area contributed by atoms with Gasteiger partial charge in [0, 0.05) is 54.8 Å². The van der Waals surface area contributed by atoms with Gasteiger partial charge in [0.2, 0.25) is 0 Å². The Kier molecular flexibility index (Phi) is 4.60. The first-order chi connectivity index (χ1) is 11.4. The highest BCUT2D eigenvalue weighted by atomic mass is 16.3. The SMILES string of the molecule is Cc1ncc(CO)c(CN(Cc2c(C)nn(C)c2C)C2CC2)c1O. The van der Waals surface area contributed by atoms with Crippen molar-refractivity contribution >= 4 is 0 Å². The zero-order valence-electron chi connectivity index (χ0n) is 14.9. The fourth-order valence-electron chi connectivity index (χ4n) is 3.20. The van der Waals surface area contributed by atoms with Crippen molar-refractivity contribution in [3.05, 3.63) is 40.0 Å². The number of aromatic nitrogens is 3. The quantitative estimate of drug-likeness (QED) is 0.848. The predicted molar refractivity (Wildman–Crippen MR) is 91.5 cm³/mol. The topological polar surface area (TPSA) is 74.4 Å². The summed E-state index contributed by atoms with van der Waals surface area (Å²) in [6.45, 7) is 7.23. The van der Waals surface area contributed by atoms with Crippen molar-refractivity contribution in [2.45, 2.75) is 59.4 Å². The molecule has 1 saturated carbocycles. The molecule has 0 spiro atoms. The van der Waals surface area contributed by atoms with Crippen LogP contribution in [-0.4, -0.2) is 35.9 Å². The van der Waals surface area contributed by atoms with E-state index in [-0.39, 0.29) is 12.4 Å². The van der Waals surface area contributed by atoms with E-state index in [2.05, 4.69) is 21.9 Å². The van der Waals surface area contributed by atoms with Gasteiger partial charge in [0.05, 0.1) is 18.0 Å². The molecule has 1 aliphatic carbocycles. The predicted octanol–water partition coefficient (Wildman–Crippen LogP) is 2.10. The number of nitrogens with zero attached hydrogens (tertiary/aromatic N) is 4. The molecule has 130 valence electrons. The Morgan fingerprint density at radius 2 is 1.83 bits per heavy atom. The Balaban J connectivity index is 1.90. The van der Waals surface area contributed by atoms with Crippen molar-refractivity contribution in [2.24, 2.45) is 7.05 Å². The van der Waals surface area contributed by atoms with Crippen molar-refractivity contribution in [1.29, 1.82) is 0 Å². The highest BCUT2D eigenvalue weighted by Crippen LogP contribution is 2.34. The molecule has 0 saturated heterocycles. The van der Waals surface area contributed by atoms with Crippen molar-refractivity contribution in [3.8, 4) is 5.75 Å². The monoisotopic (exact) mass is 330 g/mol. The van der Waals surface area contributed by atoms with Crippen LogP contribution in [0.1, 0.15) is 46.6 Å². The number of aryl methyl sites for hydroxylation is 3. The zero-order valence-corrected chi connectivity index (χ0v) is 14.9. The van der Waals surface area contributed by atoms with E-state index in [9.17, 15) is 10.2 Å². The number of hydrogen-bond donors (Lipinski definition) is 2. The van der Waals surface area contributed by atoms with Gasteiger partial charge in [-0.15, -0.1) is 0 Å². The lowest BCUT2D eigenvalue weighted by Crippen LogP contribution is -2.26. The van der Waals surface area contributed by atoms with Crippen LogP contribution >= 0.6 is 0 Å². The number of hydrogen-bond acceptors (Lipinski definition) is 5. The van der Waals surface area contributed by atoms with Gasteiger partial charge in [0.1, 0.15) is 5.75 Å². The molecule has 0 atom stereocenters. The average molecular weight is 330 g/mol. The van der Waals surface area contributed by atoms with Gasteiger partial charge in [-0.05, 0) is 33.6 Å². The number of aliphatic hydroxyl groups excluding tert-OH is 1. The standard InChI is InChI=1S/C18H26N4O2/c1-11-16(13(3)21(4)20-11)8-22(15-5-6-15)9-17-14(10-23)7-19-12(2)18(17)24/h7,15,23-24H,5-6,8-10H2,1-4H3. The molecular formula is C18H26N4O2. The fourth-order valence-corrected chi connectivity index (χ4v) is 3.20. The van der Waals surface area contributed by atoms with E-state index in [4.69, 9.17) is 0 Å². The number of rotatable bonds is 6. The van der Waals surface area contributed by atoms with Gasteiger partial charge in [0.15, 0.2) is 0 Å². The van der Waals surface area contributed by atoms with E-state index in [0.29, 0.717) is 23.8 Å². The van der Waals surface area contributed by atoms with Gasteiger partial charge in [-0.3, -0.25) is 14.6 Å². The van der Waals surface area contributed by atoms with Crippen LogP contribution < -0.4 is 0 Å². The molecule has 0 unspecified atom stereocenters. The highest BCUT2D eigenvalue weighted by Gasteiger charge is 2.31. The van der Waals surface area contributed by atoms with Gasteiger partial charge in [-0.25, -0.2) is 0 Å². The van der Waals surface area contributed by atoms with Crippen LogP contribution in [0.15, 0.2) is 6.20 Å². The normalized spacial score (nSPS) is 14.6. The van der Waals surface area contributed by atoms with E-state index in [0.717, 1.165) is 17.8 Å². The summed E-state index contributed by atoms with van der Waals surface area (Å²) in [4.78, 5) is 6.53. The average Bonchev–Trinajstić information content (AvgIpc) is 3.35. The second-order valence-electron chi connectivity index (χ2n) is 6.76. The number of aliphatic hydroxyl groups is 1. The van der Waals surface area contributed by atoms with Crippen LogP contribution in [0.2, 0.25) is 0 Å². The van der Waals surface area contributed by atoms with E-state index < -0.39 is 0 Å². The third-order valence-corrected chi connectivity index (χ3v) is 5.05.